The Bertz CT molecular complexity index is 779. The Morgan fingerprint density at radius 3 is 2.64 bits per heavy atom. The summed E-state index contributed by atoms with van der Waals surface area (Å²) in [5, 5.41) is 7.52. The van der Waals surface area contributed by atoms with Crippen molar-refractivity contribution in [3.05, 3.63) is 41.8 Å². The van der Waals surface area contributed by atoms with Crippen LogP contribution in [0, 0.1) is 0 Å². The lowest BCUT2D eigenvalue weighted by Crippen LogP contribution is -2.52. The number of aliphatic imine (C=N–C) groups is 1. The highest BCUT2D eigenvalue weighted by atomic mass is 16.5. The maximum Gasteiger partial charge on any atom is 0.194 e. The number of guanidine groups is 1. The second kappa shape index (κ2) is 9.48. The number of rotatable bonds is 6. The maximum atomic E-state index is 5.51. The summed E-state index contributed by atoms with van der Waals surface area (Å²) < 4.78 is 10.9. The van der Waals surface area contributed by atoms with Crippen molar-refractivity contribution in [1.82, 2.24) is 15.4 Å². The SMILES string of the molecule is CCNC(=NCc1cc(C(C)C)no1)N1CCN(c2ccccc2OC)CC1. The number of methoxy groups -OCH3 is 1. The fourth-order valence-electron chi connectivity index (χ4n) is 3.30. The van der Waals surface area contributed by atoms with Crippen molar-refractivity contribution in [3.8, 4) is 5.75 Å². The molecule has 28 heavy (non-hydrogen) atoms. The third-order valence-electron chi connectivity index (χ3n) is 4.89. The maximum absolute atomic E-state index is 5.51. The summed E-state index contributed by atoms with van der Waals surface area (Å²) in [5.74, 6) is 3.00. The van der Waals surface area contributed by atoms with Crippen LogP contribution < -0.4 is 15.0 Å². The molecule has 0 bridgehead atoms. The van der Waals surface area contributed by atoms with Gasteiger partial charge in [-0.25, -0.2) is 4.99 Å². The first kappa shape index (κ1) is 20.0. The molecule has 0 amide bonds. The van der Waals surface area contributed by atoms with Crippen LogP contribution in [0.2, 0.25) is 0 Å². The third-order valence-corrected chi connectivity index (χ3v) is 4.89. The lowest BCUT2D eigenvalue weighted by molar-refractivity contribution is 0.361. The largest absolute Gasteiger partial charge is 0.495 e. The number of ether oxygens (including phenoxy) is 1. The quantitative estimate of drug-likeness (QED) is 0.609. The highest BCUT2D eigenvalue weighted by Crippen LogP contribution is 2.28. The van der Waals surface area contributed by atoms with Crippen molar-refractivity contribution < 1.29 is 9.26 Å². The summed E-state index contributed by atoms with van der Waals surface area (Å²) in [6.07, 6.45) is 0. The molecule has 0 atom stereocenters. The van der Waals surface area contributed by atoms with Crippen molar-refractivity contribution in [1.29, 1.82) is 0 Å². The molecule has 0 radical (unpaired) electrons. The molecule has 0 spiro atoms. The Kier molecular flexibility index (Phi) is 6.79. The van der Waals surface area contributed by atoms with Gasteiger partial charge in [0.2, 0.25) is 0 Å². The van der Waals surface area contributed by atoms with E-state index in [1.807, 2.05) is 18.2 Å². The summed E-state index contributed by atoms with van der Waals surface area (Å²) >= 11 is 0. The van der Waals surface area contributed by atoms with Crippen LogP contribution in [0.3, 0.4) is 0 Å². The molecule has 7 nitrogen and oxygen atoms in total. The van der Waals surface area contributed by atoms with Gasteiger partial charge in [-0.1, -0.05) is 31.1 Å². The van der Waals surface area contributed by atoms with Crippen LogP contribution in [-0.4, -0.2) is 55.8 Å². The average molecular weight is 386 g/mol. The van der Waals surface area contributed by atoms with Crippen LogP contribution in [0.15, 0.2) is 39.8 Å². The monoisotopic (exact) mass is 385 g/mol. The second-order valence-electron chi connectivity index (χ2n) is 7.19. The van der Waals surface area contributed by atoms with E-state index in [1.54, 1.807) is 7.11 Å². The molecule has 7 heteroatoms. The molecule has 2 aromatic rings. The summed E-state index contributed by atoms with van der Waals surface area (Å²) in [6, 6.07) is 10.2. The van der Waals surface area contributed by atoms with E-state index in [-0.39, 0.29) is 0 Å². The molecule has 1 saturated heterocycles. The number of nitrogens with zero attached hydrogens (tertiary/aromatic N) is 4. The fourth-order valence-corrected chi connectivity index (χ4v) is 3.30. The number of hydrogen-bond donors (Lipinski definition) is 1. The Morgan fingerprint density at radius 2 is 2.00 bits per heavy atom. The first-order valence-electron chi connectivity index (χ1n) is 9.99. The number of para-hydroxylation sites is 2. The number of hydrogen-bond acceptors (Lipinski definition) is 5. The van der Waals surface area contributed by atoms with Crippen molar-refractivity contribution in [3.63, 3.8) is 0 Å². The number of nitrogens with one attached hydrogen (secondary N) is 1. The summed E-state index contributed by atoms with van der Waals surface area (Å²) in [4.78, 5) is 9.43. The van der Waals surface area contributed by atoms with E-state index in [0.29, 0.717) is 12.5 Å². The van der Waals surface area contributed by atoms with Crippen LogP contribution in [0.5, 0.6) is 5.75 Å². The molecule has 0 aliphatic carbocycles. The molecule has 1 fully saturated rings. The van der Waals surface area contributed by atoms with Gasteiger partial charge in [-0.2, -0.15) is 0 Å². The summed E-state index contributed by atoms with van der Waals surface area (Å²) in [5.41, 5.74) is 2.12. The van der Waals surface area contributed by atoms with Gasteiger partial charge in [-0.15, -0.1) is 0 Å². The van der Waals surface area contributed by atoms with Gasteiger partial charge in [0.25, 0.3) is 0 Å². The molecule has 1 aliphatic rings. The van der Waals surface area contributed by atoms with E-state index in [9.17, 15) is 0 Å². The van der Waals surface area contributed by atoms with Gasteiger partial charge in [-0.05, 0) is 25.0 Å². The number of piperazine rings is 1. The smallest absolute Gasteiger partial charge is 0.194 e. The van der Waals surface area contributed by atoms with Gasteiger partial charge in [-0.3, -0.25) is 0 Å². The van der Waals surface area contributed by atoms with Crippen molar-refractivity contribution >= 4 is 11.6 Å². The van der Waals surface area contributed by atoms with E-state index < -0.39 is 0 Å². The lowest BCUT2D eigenvalue weighted by Gasteiger charge is -2.38. The Hall–Kier alpha value is -2.70. The lowest BCUT2D eigenvalue weighted by atomic mass is 10.1. The van der Waals surface area contributed by atoms with Gasteiger partial charge in [0.1, 0.15) is 12.3 Å². The van der Waals surface area contributed by atoms with Gasteiger partial charge >= 0.3 is 0 Å². The van der Waals surface area contributed by atoms with Crippen molar-refractivity contribution in [2.75, 3.05) is 44.7 Å². The Morgan fingerprint density at radius 1 is 1.25 bits per heavy atom. The predicted molar refractivity (Wildman–Crippen MR) is 112 cm³/mol. The minimum Gasteiger partial charge on any atom is -0.495 e. The topological polar surface area (TPSA) is 66.1 Å². The molecule has 0 saturated carbocycles. The van der Waals surface area contributed by atoms with Crippen molar-refractivity contribution in [2.45, 2.75) is 33.2 Å². The third kappa shape index (κ3) is 4.77. The second-order valence-corrected chi connectivity index (χ2v) is 7.19. The van der Waals surface area contributed by atoms with E-state index in [1.165, 1.54) is 0 Å². The molecule has 1 N–H and O–H groups in total. The molecular formula is C21H31N5O2. The zero-order valence-corrected chi connectivity index (χ0v) is 17.3. The average Bonchev–Trinajstić information content (AvgIpc) is 3.21. The first-order chi connectivity index (χ1) is 13.6. The van der Waals surface area contributed by atoms with Gasteiger partial charge < -0.3 is 24.4 Å². The first-order valence-corrected chi connectivity index (χ1v) is 9.99. The van der Waals surface area contributed by atoms with E-state index in [4.69, 9.17) is 14.3 Å². The molecule has 0 unspecified atom stereocenters. The highest BCUT2D eigenvalue weighted by molar-refractivity contribution is 5.80. The Balaban J connectivity index is 1.63. The van der Waals surface area contributed by atoms with Crippen molar-refractivity contribution in [2.24, 2.45) is 4.99 Å². The van der Waals surface area contributed by atoms with Crippen LogP contribution in [0.4, 0.5) is 5.69 Å². The highest BCUT2D eigenvalue weighted by Gasteiger charge is 2.21. The molecule has 152 valence electrons. The molecule has 1 aromatic heterocycles. The summed E-state index contributed by atoms with van der Waals surface area (Å²) in [7, 11) is 1.72. The zero-order valence-electron chi connectivity index (χ0n) is 17.3. The number of anilines is 1. The zero-order chi connectivity index (χ0) is 19.9. The minimum absolute atomic E-state index is 0.359. The number of benzene rings is 1. The molecular weight excluding hydrogens is 354 g/mol. The Labute approximate surface area is 167 Å². The minimum atomic E-state index is 0.359. The fraction of sp³-hybridized carbons (Fsp3) is 0.524. The number of aromatic nitrogens is 1. The normalized spacial score (nSPS) is 15.2. The van der Waals surface area contributed by atoms with E-state index >= 15 is 0 Å². The molecule has 1 aromatic carbocycles. The van der Waals surface area contributed by atoms with Gasteiger partial charge in [0.05, 0.1) is 18.5 Å². The predicted octanol–water partition coefficient (Wildman–Crippen LogP) is 3.09. The molecule has 1 aliphatic heterocycles. The van der Waals surface area contributed by atoms with Crippen LogP contribution in [-0.2, 0) is 6.54 Å². The standard InChI is InChI=1S/C21H31N5O2/c1-5-22-21(23-15-17-14-18(16(2)3)24-28-17)26-12-10-25(11-13-26)19-8-6-7-9-20(19)27-4/h6-9,14,16H,5,10-13,15H2,1-4H3,(H,22,23). The van der Waals surface area contributed by atoms with Crippen LogP contribution in [0.1, 0.15) is 38.1 Å². The molecule has 2 heterocycles. The van der Waals surface area contributed by atoms with Crippen LogP contribution >= 0.6 is 0 Å². The van der Waals surface area contributed by atoms with Gasteiger partial charge in [0, 0.05) is 38.8 Å². The summed E-state index contributed by atoms with van der Waals surface area (Å²) in [6.45, 7) is 11.3. The van der Waals surface area contributed by atoms with E-state index in [0.717, 1.165) is 61.6 Å². The van der Waals surface area contributed by atoms with E-state index in [2.05, 4.69) is 53.2 Å². The van der Waals surface area contributed by atoms with Crippen LogP contribution in [0.25, 0.3) is 0 Å². The molecule has 3 rings (SSSR count). The van der Waals surface area contributed by atoms with Gasteiger partial charge in [0.15, 0.2) is 11.7 Å².